The second-order valence-corrected chi connectivity index (χ2v) is 5.84. The van der Waals surface area contributed by atoms with Crippen molar-refractivity contribution >= 4 is 11.6 Å². The van der Waals surface area contributed by atoms with E-state index in [4.69, 9.17) is 16.3 Å². The highest BCUT2D eigenvalue weighted by atomic mass is 35.5. The van der Waals surface area contributed by atoms with E-state index in [9.17, 15) is 0 Å². The van der Waals surface area contributed by atoms with Crippen LogP contribution < -0.4 is 5.32 Å². The minimum atomic E-state index is 0.396. The Morgan fingerprint density at radius 3 is 2.63 bits per heavy atom. The van der Waals surface area contributed by atoms with Crippen LogP contribution in [0.1, 0.15) is 43.7 Å². The van der Waals surface area contributed by atoms with E-state index in [2.05, 4.69) is 31.3 Å². The first-order valence-electron chi connectivity index (χ1n) is 7.29. The van der Waals surface area contributed by atoms with Gasteiger partial charge in [-0.15, -0.1) is 0 Å². The molecule has 1 aromatic carbocycles. The minimum Gasteiger partial charge on any atom is -0.373 e. The molecule has 1 N–H and O–H groups in total. The fraction of sp³-hybridized carbons (Fsp3) is 0.625. The molecule has 0 bridgehead atoms. The predicted molar refractivity (Wildman–Crippen MR) is 80.7 cm³/mol. The lowest BCUT2D eigenvalue weighted by Gasteiger charge is -2.29. The maximum atomic E-state index is 6.22. The van der Waals surface area contributed by atoms with Crippen LogP contribution in [0.2, 0.25) is 5.02 Å². The van der Waals surface area contributed by atoms with E-state index in [-0.39, 0.29) is 0 Å². The van der Waals surface area contributed by atoms with Gasteiger partial charge in [-0.2, -0.15) is 0 Å². The Kier molecular flexibility index (Phi) is 5.68. The van der Waals surface area contributed by atoms with E-state index in [1.807, 2.05) is 6.07 Å². The van der Waals surface area contributed by atoms with Crippen LogP contribution in [0.15, 0.2) is 18.2 Å². The molecule has 0 spiro atoms. The van der Waals surface area contributed by atoms with E-state index in [0.717, 1.165) is 30.0 Å². The maximum Gasteiger partial charge on any atom is 0.0735 e. The van der Waals surface area contributed by atoms with Crippen molar-refractivity contribution < 1.29 is 4.74 Å². The number of aryl methyl sites for hydroxylation is 1. The second kappa shape index (κ2) is 7.28. The Morgan fingerprint density at radius 1 is 1.26 bits per heavy atom. The number of benzene rings is 1. The van der Waals surface area contributed by atoms with Crippen LogP contribution in [0, 0.1) is 6.92 Å². The molecule has 1 aliphatic rings. The average molecular weight is 282 g/mol. The highest BCUT2D eigenvalue weighted by molar-refractivity contribution is 6.31. The monoisotopic (exact) mass is 281 g/mol. The van der Waals surface area contributed by atoms with E-state index < -0.39 is 0 Å². The number of rotatable bonds is 5. The molecule has 0 saturated heterocycles. The molecule has 1 aromatic rings. The molecule has 2 nitrogen and oxygen atoms in total. The highest BCUT2D eigenvalue weighted by Gasteiger charge is 2.20. The molecular formula is C16H24ClNO. The van der Waals surface area contributed by atoms with Crippen LogP contribution in [0.5, 0.6) is 0 Å². The van der Waals surface area contributed by atoms with Gasteiger partial charge < -0.3 is 10.1 Å². The first kappa shape index (κ1) is 14.8. The molecule has 1 fully saturated rings. The number of hydrogen-bond donors (Lipinski definition) is 1. The van der Waals surface area contributed by atoms with Gasteiger partial charge in [-0.05, 0) is 56.3 Å². The summed E-state index contributed by atoms with van der Waals surface area (Å²) in [4.78, 5) is 0. The third kappa shape index (κ3) is 4.48. The minimum absolute atomic E-state index is 0.396. The average Bonchev–Trinajstić information content (AvgIpc) is 2.40. The molecule has 2 rings (SSSR count). The molecule has 0 unspecified atom stereocenters. The van der Waals surface area contributed by atoms with Crippen LogP contribution in [-0.4, -0.2) is 18.7 Å². The molecule has 19 heavy (non-hydrogen) atoms. The third-order valence-electron chi connectivity index (χ3n) is 3.85. The van der Waals surface area contributed by atoms with Crippen molar-refractivity contribution in [2.24, 2.45) is 0 Å². The molecule has 0 heterocycles. The summed E-state index contributed by atoms with van der Waals surface area (Å²) in [7, 11) is 0. The van der Waals surface area contributed by atoms with Crippen LogP contribution in [0.4, 0.5) is 0 Å². The normalized spacial score (nSPS) is 23.5. The SMILES string of the molecule is CCNC1CCC(OCc2ccc(C)cc2Cl)CC1. The fourth-order valence-electron chi connectivity index (χ4n) is 2.70. The molecule has 0 radical (unpaired) electrons. The zero-order valence-corrected chi connectivity index (χ0v) is 12.7. The van der Waals surface area contributed by atoms with Crippen molar-refractivity contribution in [3.05, 3.63) is 34.3 Å². The van der Waals surface area contributed by atoms with Crippen molar-refractivity contribution in [1.82, 2.24) is 5.32 Å². The molecule has 0 aromatic heterocycles. The Hall–Kier alpha value is -0.570. The summed E-state index contributed by atoms with van der Waals surface area (Å²) in [6, 6.07) is 6.85. The Balaban J connectivity index is 1.77. The van der Waals surface area contributed by atoms with E-state index in [1.165, 1.54) is 18.4 Å². The van der Waals surface area contributed by atoms with Crippen molar-refractivity contribution in [2.45, 2.75) is 58.3 Å². The fourth-order valence-corrected chi connectivity index (χ4v) is 2.99. The first-order valence-corrected chi connectivity index (χ1v) is 7.67. The number of ether oxygens (including phenoxy) is 1. The van der Waals surface area contributed by atoms with Gasteiger partial charge in [0.25, 0.3) is 0 Å². The summed E-state index contributed by atoms with van der Waals surface area (Å²) >= 11 is 6.22. The first-order chi connectivity index (χ1) is 9.19. The van der Waals surface area contributed by atoms with E-state index in [0.29, 0.717) is 18.8 Å². The highest BCUT2D eigenvalue weighted by Crippen LogP contribution is 2.24. The zero-order valence-electron chi connectivity index (χ0n) is 11.9. The van der Waals surface area contributed by atoms with Gasteiger partial charge in [0.1, 0.15) is 0 Å². The number of hydrogen-bond acceptors (Lipinski definition) is 2. The molecule has 106 valence electrons. The van der Waals surface area contributed by atoms with Gasteiger partial charge in [0.2, 0.25) is 0 Å². The summed E-state index contributed by atoms with van der Waals surface area (Å²) in [5, 5.41) is 4.34. The van der Waals surface area contributed by atoms with Crippen LogP contribution in [-0.2, 0) is 11.3 Å². The number of nitrogens with one attached hydrogen (secondary N) is 1. The summed E-state index contributed by atoms with van der Waals surface area (Å²) < 4.78 is 6.00. The molecule has 0 aliphatic heterocycles. The Labute approximate surface area is 121 Å². The van der Waals surface area contributed by atoms with Crippen molar-refractivity contribution in [2.75, 3.05) is 6.54 Å². The molecule has 0 amide bonds. The summed E-state index contributed by atoms with van der Waals surface area (Å²) in [6.07, 6.45) is 5.15. The van der Waals surface area contributed by atoms with Crippen LogP contribution in [0.3, 0.4) is 0 Å². The second-order valence-electron chi connectivity index (χ2n) is 5.44. The largest absolute Gasteiger partial charge is 0.373 e. The van der Waals surface area contributed by atoms with Crippen LogP contribution in [0.25, 0.3) is 0 Å². The molecule has 0 atom stereocenters. The van der Waals surface area contributed by atoms with Gasteiger partial charge in [0.05, 0.1) is 12.7 Å². The molecule has 1 saturated carbocycles. The lowest BCUT2D eigenvalue weighted by atomic mass is 9.93. The van der Waals surface area contributed by atoms with Crippen LogP contribution >= 0.6 is 11.6 Å². The Morgan fingerprint density at radius 2 is 2.00 bits per heavy atom. The van der Waals surface area contributed by atoms with Crippen molar-refractivity contribution in [1.29, 1.82) is 0 Å². The molecule has 3 heteroatoms. The van der Waals surface area contributed by atoms with Gasteiger partial charge in [-0.25, -0.2) is 0 Å². The van der Waals surface area contributed by atoms with E-state index in [1.54, 1.807) is 0 Å². The van der Waals surface area contributed by atoms with Crippen molar-refractivity contribution in [3.63, 3.8) is 0 Å². The maximum absolute atomic E-state index is 6.22. The summed E-state index contributed by atoms with van der Waals surface area (Å²) in [5.41, 5.74) is 2.29. The lowest BCUT2D eigenvalue weighted by Crippen LogP contribution is -2.35. The predicted octanol–water partition coefficient (Wildman–Crippen LogP) is 4.09. The summed E-state index contributed by atoms with van der Waals surface area (Å²) in [5.74, 6) is 0. The number of halogens is 1. The van der Waals surface area contributed by atoms with E-state index >= 15 is 0 Å². The quantitative estimate of drug-likeness (QED) is 0.878. The van der Waals surface area contributed by atoms with Gasteiger partial charge in [-0.3, -0.25) is 0 Å². The van der Waals surface area contributed by atoms with Gasteiger partial charge in [0.15, 0.2) is 0 Å². The third-order valence-corrected chi connectivity index (χ3v) is 4.20. The molecule has 1 aliphatic carbocycles. The smallest absolute Gasteiger partial charge is 0.0735 e. The van der Waals surface area contributed by atoms with Gasteiger partial charge in [0, 0.05) is 11.1 Å². The van der Waals surface area contributed by atoms with Gasteiger partial charge >= 0.3 is 0 Å². The summed E-state index contributed by atoms with van der Waals surface area (Å²) in [6.45, 7) is 5.92. The van der Waals surface area contributed by atoms with Gasteiger partial charge in [-0.1, -0.05) is 30.7 Å². The molecular weight excluding hydrogens is 258 g/mol. The Bertz CT molecular complexity index is 400. The zero-order chi connectivity index (χ0) is 13.7. The topological polar surface area (TPSA) is 21.3 Å². The lowest BCUT2D eigenvalue weighted by molar-refractivity contribution is 0.0115. The standard InChI is InChI=1S/C16H24ClNO/c1-3-18-14-6-8-15(9-7-14)19-11-13-5-4-12(2)10-16(13)17/h4-5,10,14-15,18H,3,6-9,11H2,1-2H3. The van der Waals surface area contributed by atoms with Crippen molar-refractivity contribution in [3.8, 4) is 0 Å².